The Bertz CT molecular complexity index is 675. The van der Waals surface area contributed by atoms with Crippen LogP contribution in [0.15, 0.2) is 24.3 Å². The number of anilines is 1. The minimum absolute atomic E-state index is 0.0269. The van der Waals surface area contributed by atoms with Gasteiger partial charge in [0.1, 0.15) is 0 Å². The number of aliphatic hydroxyl groups is 1. The van der Waals surface area contributed by atoms with Crippen molar-refractivity contribution in [1.82, 2.24) is 5.32 Å². The van der Waals surface area contributed by atoms with Gasteiger partial charge >= 0.3 is 24.0 Å². The third kappa shape index (κ3) is 4.33. The van der Waals surface area contributed by atoms with E-state index in [1.165, 1.54) is 0 Å². The molecule has 28 heavy (non-hydrogen) atoms. The van der Waals surface area contributed by atoms with Crippen LogP contribution in [0.3, 0.4) is 0 Å². The van der Waals surface area contributed by atoms with E-state index < -0.39 is 35.8 Å². The first kappa shape index (κ1) is 22.2. The maximum Gasteiger partial charge on any atom is 0.455 e. The highest BCUT2D eigenvalue weighted by molar-refractivity contribution is 5.92. The number of carbonyl (C=O) groups is 1. The summed E-state index contributed by atoms with van der Waals surface area (Å²) < 4.78 is 89.0. The van der Waals surface area contributed by atoms with Crippen molar-refractivity contribution < 1.29 is 45.7 Å². The average molecular weight is 416 g/mol. The number of nitrogens with one attached hydrogen (secondary N) is 1. The van der Waals surface area contributed by atoms with Crippen LogP contribution in [0.4, 0.5) is 36.8 Å². The summed E-state index contributed by atoms with van der Waals surface area (Å²) in [5.74, 6) is -11.0. The Morgan fingerprint density at radius 2 is 1.68 bits per heavy atom. The summed E-state index contributed by atoms with van der Waals surface area (Å²) in [5.41, 5.74) is -1.39. The fourth-order valence-corrected chi connectivity index (χ4v) is 2.43. The quantitative estimate of drug-likeness (QED) is 0.700. The summed E-state index contributed by atoms with van der Waals surface area (Å²) >= 11 is 0. The molecule has 1 saturated heterocycles. The van der Waals surface area contributed by atoms with Gasteiger partial charge in [0, 0.05) is 17.8 Å². The first-order chi connectivity index (χ1) is 12.9. The predicted molar refractivity (Wildman–Crippen MR) is 84.6 cm³/mol. The summed E-state index contributed by atoms with van der Waals surface area (Å²) in [5, 5.41) is 11.2. The van der Waals surface area contributed by atoms with Gasteiger partial charge in [0.15, 0.2) is 6.29 Å². The lowest BCUT2D eigenvalue weighted by Crippen LogP contribution is -2.53. The van der Waals surface area contributed by atoms with Crippen LogP contribution in [0.2, 0.25) is 0 Å². The number of alkyl halides is 6. The van der Waals surface area contributed by atoms with Crippen molar-refractivity contribution in [1.29, 1.82) is 0 Å². The zero-order chi connectivity index (χ0) is 21.2. The second-order valence-corrected chi connectivity index (χ2v) is 5.86. The highest BCUT2D eigenvalue weighted by Crippen LogP contribution is 2.49. The fraction of sp³-hybridized carbons (Fsp3) is 0.562. The highest BCUT2D eigenvalue weighted by Gasteiger charge is 2.71. The van der Waals surface area contributed by atoms with Crippen molar-refractivity contribution in [2.75, 3.05) is 31.2 Å². The van der Waals surface area contributed by atoms with E-state index in [0.717, 1.165) is 17.0 Å². The zero-order valence-electron chi connectivity index (χ0n) is 14.6. The number of nitrogens with zero attached hydrogens (tertiary/aromatic N) is 1. The molecule has 2 amide bonds. The van der Waals surface area contributed by atoms with E-state index in [1.54, 1.807) is 6.92 Å². The lowest BCUT2D eigenvalue weighted by Gasteiger charge is -2.31. The Balaban J connectivity index is 2.29. The molecule has 1 fully saturated rings. The minimum atomic E-state index is -6.21. The molecule has 1 aliphatic heterocycles. The van der Waals surface area contributed by atoms with Crippen molar-refractivity contribution in [3.63, 3.8) is 0 Å². The van der Waals surface area contributed by atoms with Gasteiger partial charge in [0.2, 0.25) is 0 Å². The van der Waals surface area contributed by atoms with Gasteiger partial charge in [-0.1, -0.05) is 12.1 Å². The molecule has 0 spiro atoms. The molecule has 0 aromatic heterocycles. The van der Waals surface area contributed by atoms with Crippen molar-refractivity contribution in [3.05, 3.63) is 29.8 Å². The van der Waals surface area contributed by atoms with E-state index in [2.05, 4.69) is 5.32 Å². The molecule has 12 heteroatoms. The third-order valence-electron chi connectivity index (χ3n) is 3.93. The van der Waals surface area contributed by atoms with Gasteiger partial charge in [0.25, 0.3) is 0 Å². The molecule has 1 heterocycles. The van der Waals surface area contributed by atoms with Gasteiger partial charge in [-0.2, -0.15) is 26.3 Å². The SMILES string of the molecule is CCNC(=O)N(CC1OCCO1)c1ccc(C(F)(F)C(O)(F)C(F)(F)F)cc1. The van der Waals surface area contributed by atoms with Gasteiger partial charge in [0.05, 0.1) is 19.8 Å². The summed E-state index contributed by atoms with van der Waals surface area (Å²) in [6, 6.07) is 2.17. The summed E-state index contributed by atoms with van der Waals surface area (Å²) in [6.07, 6.45) is -6.98. The second kappa shape index (κ2) is 8.13. The molecule has 158 valence electrons. The number of halogens is 6. The van der Waals surface area contributed by atoms with Crippen LogP contribution in [0, 0.1) is 0 Å². The Kier molecular flexibility index (Phi) is 6.46. The lowest BCUT2D eigenvalue weighted by molar-refractivity contribution is -0.390. The van der Waals surface area contributed by atoms with E-state index in [4.69, 9.17) is 14.6 Å². The number of carbonyl (C=O) groups excluding carboxylic acids is 1. The van der Waals surface area contributed by atoms with Crippen LogP contribution in [0.1, 0.15) is 12.5 Å². The minimum Gasteiger partial charge on any atom is -0.350 e. The molecule has 6 nitrogen and oxygen atoms in total. The topological polar surface area (TPSA) is 71.0 Å². The molecule has 0 saturated carbocycles. The van der Waals surface area contributed by atoms with Crippen molar-refractivity contribution in [2.45, 2.75) is 31.2 Å². The maximum atomic E-state index is 13.9. The Morgan fingerprint density at radius 1 is 1.14 bits per heavy atom. The number of hydrogen-bond acceptors (Lipinski definition) is 4. The van der Waals surface area contributed by atoms with Crippen LogP contribution in [-0.2, 0) is 15.4 Å². The standard InChI is InChI=1S/C16H18F6N2O4/c1-2-23-13(25)24(9-12-27-7-8-28-12)11-5-3-10(4-6-11)14(17,18)15(19,26)16(20,21)22/h3-6,12,26H,2,7-9H2,1H3,(H,23,25). The van der Waals surface area contributed by atoms with E-state index in [-0.39, 0.29) is 18.8 Å². The van der Waals surface area contributed by atoms with Crippen LogP contribution < -0.4 is 10.2 Å². The van der Waals surface area contributed by atoms with Crippen LogP contribution in [0.5, 0.6) is 0 Å². The summed E-state index contributed by atoms with van der Waals surface area (Å²) in [4.78, 5) is 13.3. The molecule has 2 rings (SSSR count). The van der Waals surface area contributed by atoms with Crippen molar-refractivity contribution >= 4 is 11.7 Å². The molecular formula is C16H18F6N2O4. The van der Waals surface area contributed by atoms with E-state index >= 15 is 0 Å². The van der Waals surface area contributed by atoms with Crippen molar-refractivity contribution in [3.8, 4) is 0 Å². The normalized spacial score (nSPS) is 18.0. The first-order valence-electron chi connectivity index (χ1n) is 8.16. The van der Waals surface area contributed by atoms with E-state index in [0.29, 0.717) is 25.3 Å². The smallest absolute Gasteiger partial charge is 0.350 e. The Morgan fingerprint density at radius 3 is 2.14 bits per heavy atom. The molecule has 2 N–H and O–H groups in total. The van der Waals surface area contributed by atoms with Gasteiger partial charge in [-0.25, -0.2) is 4.79 Å². The molecule has 1 unspecified atom stereocenters. The first-order valence-corrected chi connectivity index (χ1v) is 8.16. The fourth-order valence-electron chi connectivity index (χ4n) is 2.43. The van der Waals surface area contributed by atoms with E-state index in [9.17, 15) is 31.1 Å². The van der Waals surface area contributed by atoms with Crippen molar-refractivity contribution in [2.24, 2.45) is 0 Å². The highest BCUT2D eigenvalue weighted by atomic mass is 19.4. The van der Waals surface area contributed by atoms with Gasteiger partial charge in [-0.15, -0.1) is 0 Å². The molecule has 0 aliphatic carbocycles. The summed E-state index contributed by atoms with van der Waals surface area (Å²) in [7, 11) is 0. The van der Waals surface area contributed by atoms with Gasteiger partial charge in [-0.05, 0) is 19.1 Å². The number of ether oxygens (including phenoxy) is 2. The number of urea groups is 1. The monoisotopic (exact) mass is 416 g/mol. The molecule has 1 aliphatic rings. The molecule has 1 aromatic carbocycles. The zero-order valence-corrected chi connectivity index (χ0v) is 14.6. The second-order valence-electron chi connectivity index (χ2n) is 5.86. The average Bonchev–Trinajstić information content (AvgIpc) is 3.12. The van der Waals surface area contributed by atoms with Gasteiger partial charge < -0.3 is 19.9 Å². The Labute approximate surface area is 156 Å². The largest absolute Gasteiger partial charge is 0.455 e. The molecule has 0 bridgehead atoms. The number of rotatable bonds is 6. The number of amides is 2. The molecule has 0 radical (unpaired) electrons. The predicted octanol–water partition coefficient (Wildman–Crippen LogP) is 2.91. The third-order valence-corrected chi connectivity index (χ3v) is 3.93. The maximum absolute atomic E-state index is 13.9. The van der Waals surface area contributed by atoms with Gasteiger partial charge in [-0.3, -0.25) is 4.90 Å². The molecular weight excluding hydrogens is 398 g/mol. The van der Waals surface area contributed by atoms with Crippen LogP contribution >= 0.6 is 0 Å². The molecule has 1 atom stereocenters. The number of hydrogen-bond donors (Lipinski definition) is 2. The summed E-state index contributed by atoms with van der Waals surface area (Å²) in [6.45, 7) is 2.37. The van der Waals surface area contributed by atoms with Crippen LogP contribution in [-0.4, -0.2) is 55.8 Å². The van der Waals surface area contributed by atoms with Crippen LogP contribution in [0.25, 0.3) is 0 Å². The van der Waals surface area contributed by atoms with E-state index in [1.807, 2.05) is 0 Å². The lowest BCUT2D eigenvalue weighted by atomic mass is 10.0. The number of benzene rings is 1. The molecule has 1 aromatic rings. The Hall–Kier alpha value is -2.05.